The summed E-state index contributed by atoms with van der Waals surface area (Å²) in [7, 11) is -4.11. The fraction of sp³-hybridized carbons (Fsp3) is 0.300. The summed E-state index contributed by atoms with van der Waals surface area (Å²) in [5.74, 6) is -0.655. The van der Waals surface area contributed by atoms with E-state index >= 15 is 0 Å². The average molecular weight is 275 g/mol. The van der Waals surface area contributed by atoms with Crippen LogP contribution in [-0.4, -0.2) is 20.5 Å². The summed E-state index contributed by atoms with van der Waals surface area (Å²) < 4.78 is 38.1. The molecule has 0 fully saturated rings. The lowest BCUT2D eigenvalue weighted by molar-refractivity contribution is 0.243. The van der Waals surface area contributed by atoms with E-state index in [9.17, 15) is 17.6 Å². The van der Waals surface area contributed by atoms with E-state index in [1.807, 2.05) is 0 Å². The van der Waals surface area contributed by atoms with Crippen molar-refractivity contribution in [3.05, 3.63) is 24.0 Å². The molecule has 0 bridgehead atoms. The number of nitrogen functional groups attached to an aromatic ring is 1. The Morgan fingerprint density at radius 1 is 1.39 bits per heavy atom. The molecule has 0 radical (unpaired) electrons. The number of hydrogen-bond acceptors (Lipinski definition) is 4. The Morgan fingerprint density at radius 2 is 2.00 bits per heavy atom. The number of anilines is 1. The fourth-order valence-corrected chi connectivity index (χ4v) is 2.26. The molecule has 0 saturated heterocycles. The van der Waals surface area contributed by atoms with Crippen LogP contribution in [0.25, 0.3) is 0 Å². The van der Waals surface area contributed by atoms with Gasteiger partial charge in [-0.3, -0.25) is 0 Å². The number of hydrogen-bond donors (Lipinski definition) is 3. The molecule has 0 aliphatic rings. The van der Waals surface area contributed by atoms with Gasteiger partial charge in [0.2, 0.25) is 0 Å². The number of rotatable bonds is 3. The number of urea groups is 1. The molecule has 1 aromatic rings. The molecule has 8 heteroatoms. The predicted octanol–water partition coefficient (Wildman–Crippen LogP) is 0.804. The van der Waals surface area contributed by atoms with Crippen molar-refractivity contribution >= 4 is 21.7 Å². The normalized spacial score (nSPS) is 11.3. The Hall–Kier alpha value is -1.83. The van der Waals surface area contributed by atoms with Crippen LogP contribution >= 0.6 is 0 Å². The SMILES string of the molecule is CC(C)NC(=O)NS(=O)(=O)c1ccc(F)cc1N. The van der Waals surface area contributed by atoms with Crippen molar-refractivity contribution in [2.45, 2.75) is 24.8 Å². The van der Waals surface area contributed by atoms with E-state index < -0.39 is 21.9 Å². The highest BCUT2D eigenvalue weighted by Gasteiger charge is 2.20. The van der Waals surface area contributed by atoms with Crippen LogP contribution in [0.2, 0.25) is 0 Å². The highest BCUT2D eigenvalue weighted by molar-refractivity contribution is 7.90. The van der Waals surface area contributed by atoms with Gasteiger partial charge in [-0.2, -0.15) is 0 Å². The van der Waals surface area contributed by atoms with Crippen LogP contribution in [-0.2, 0) is 10.0 Å². The second-order valence-corrected chi connectivity index (χ2v) is 5.57. The molecule has 6 nitrogen and oxygen atoms in total. The van der Waals surface area contributed by atoms with Gasteiger partial charge >= 0.3 is 6.03 Å². The molecule has 0 aliphatic carbocycles. The minimum absolute atomic E-state index is 0.217. The summed E-state index contributed by atoms with van der Waals surface area (Å²) >= 11 is 0. The van der Waals surface area contributed by atoms with Gasteiger partial charge in [0.05, 0.1) is 5.69 Å². The summed E-state index contributed by atoms with van der Waals surface area (Å²) in [6.45, 7) is 3.36. The molecule has 100 valence electrons. The van der Waals surface area contributed by atoms with Crippen LogP contribution in [0.1, 0.15) is 13.8 Å². The zero-order valence-corrected chi connectivity index (χ0v) is 10.7. The van der Waals surface area contributed by atoms with Crippen LogP contribution in [0, 0.1) is 5.82 Å². The van der Waals surface area contributed by atoms with Gasteiger partial charge in [0.1, 0.15) is 10.7 Å². The van der Waals surface area contributed by atoms with Crippen molar-refractivity contribution in [1.29, 1.82) is 0 Å². The van der Waals surface area contributed by atoms with Crippen molar-refractivity contribution in [3.8, 4) is 0 Å². The standard InChI is InChI=1S/C10H14FN3O3S/c1-6(2)13-10(15)14-18(16,17)9-4-3-7(11)5-8(9)12/h3-6H,12H2,1-2H3,(H2,13,14,15). The van der Waals surface area contributed by atoms with E-state index in [0.29, 0.717) is 0 Å². The molecular weight excluding hydrogens is 261 g/mol. The Kier molecular flexibility index (Phi) is 4.12. The van der Waals surface area contributed by atoms with Crippen LogP contribution < -0.4 is 15.8 Å². The summed E-state index contributed by atoms with van der Waals surface area (Å²) in [6, 6.07) is 1.73. The quantitative estimate of drug-likeness (QED) is 0.710. The third-order valence-corrected chi connectivity index (χ3v) is 3.31. The van der Waals surface area contributed by atoms with Gasteiger partial charge in [-0.05, 0) is 32.0 Å². The van der Waals surface area contributed by atoms with Crippen LogP contribution in [0.3, 0.4) is 0 Å². The zero-order chi connectivity index (χ0) is 13.9. The minimum atomic E-state index is -4.11. The monoisotopic (exact) mass is 275 g/mol. The first kappa shape index (κ1) is 14.2. The fourth-order valence-electron chi connectivity index (χ4n) is 1.23. The highest BCUT2D eigenvalue weighted by Crippen LogP contribution is 2.18. The Bertz CT molecular complexity index is 557. The maximum absolute atomic E-state index is 12.8. The molecule has 0 aliphatic heterocycles. The van der Waals surface area contributed by atoms with Crippen molar-refractivity contribution in [3.63, 3.8) is 0 Å². The third kappa shape index (κ3) is 3.59. The number of amides is 2. The molecule has 0 atom stereocenters. The van der Waals surface area contributed by atoms with Crippen molar-refractivity contribution < 1.29 is 17.6 Å². The van der Waals surface area contributed by atoms with Crippen molar-refractivity contribution in [2.24, 2.45) is 0 Å². The Labute approximate surface area is 104 Å². The van der Waals surface area contributed by atoms with Crippen LogP contribution in [0.15, 0.2) is 23.1 Å². The first-order valence-corrected chi connectivity index (χ1v) is 6.59. The molecule has 0 heterocycles. The lowest BCUT2D eigenvalue weighted by Gasteiger charge is -2.11. The summed E-state index contributed by atoms with van der Waals surface area (Å²) in [6.07, 6.45) is 0. The Balaban J connectivity index is 2.97. The number of benzene rings is 1. The molecule has 0 spiro atoms. The van der Waals surface area contributed by atoms with Gasteiger partial charge in [0.25, 0.3) is 10.0 Å². The van der Waals surface area contributed by atoms with Gasteiger partial charge in [-0.25, -0.2) is 22.3 Å². The molecule has 4 N–H and O–H groups in total. The van der Waals surface area contributed by atoms with Gasteiger partial charge in [0, 0.05) is 6.04 Å². The maximum atomic E-state index is 12.8. The average Bonchev–Trinajstić information content (AvgIpc) is 2.13. The molecule has 18 heavy (non-hydrogen) atoms. The van der Waals surface area contributed by atoms with Crippen LogP contribution in [0.5, 0.6) is 0 Å². The third-order valence-electron chi connectivity index (χ3n) is 1.91. The molecular formula is C10H14FN3O3S. The number of halogens is 1. The number of carbonyl (C=O) groups excluding carboxylic acids is 1. The second-order valence-electron chi connectivity index (χ2n) is 3.92. The number of nitrogens with one attached hydrogen (secondary N) is 2. The van der Waals surface area contributed by atoms with Crippen LogP contribution in [0.4, 0.5) is 14.9 Å². The van der Waals surface area contributed by atoms with E-state index in [2.05, 4.69) is 5.32 Å². The van der Waals surface area contributed by atoms with Gasteiger partial charge < -0.3 is 11.1 Å². The summed E-state index contributed by atoms with van der Waals surface area (Å²) in [5, 5.41) is 2.36. The van der Waals surface area contributed by atoms with Crippen molar-refractivity contribution in [1.82, 2.24) is 10.0 Å². The van der Waals surface area contributed by atoms with Gasteiger partial charge in [-0.1, -0.05) is 0 Å². The lowest BCUT2D eigenvalue weighted by Crippen LogP contribution is -2.42. The first-order chi connectivity index (χ1) is 8.22. The maximum Gasteiger partial charge on any atom is 0.328 e. The number of nitrogens with two attached hydrogens (primary N) is 1. The molecule has 1 aromatic carbocycles. The first-order valence-electron chi connectivity index (χ1n) is 5.10. The summed E-state index contributed by atoms with van der Waals surface area (Å²) in [5.41, 5.74) is 5.13. The lowest BCUT2D eigenvalue weighted by atomic mass is 10.3. The number of sulfonamides is 1. The topological polar surface area (TPSA) is 101 Å². The highest BCUT2D eigenvalue weighted by atomic mass is 32.2. The predicted molar refractivity (Wildman–Crippen MR) is 64.8 cm³/mol. The van der Waals surface area contributed by atoms with Gasteiger partial charge in [-0.15, -0.1) is 0 Å². The zero-order valence-electron chi connectivity index (χ0n) is 9.90. The summed E-state index contributed by atoms with van der Waals surface area (Å²) in [4.78, 5) is 11.0. The van der Waals surface area contributed by atoms with Gasteiger partial charge in [0.15, 0.2) is 0 Å². The molecule has 2 amide bonds. The molecule has 0 aromatic heterocycles. The van der Waals surface area contributed by atoms with E-state index in [1.54, 1.807) is 18.6 Å². The molecule has 0 unspecified atom stereocenters. The van der Waals surface area contributed by atoms with E-state index in [1.165, 1.54) is 0 Å². The largest absolute Gasteiger partial charge is 0.398 e. The van der Waals surface area contributed by atoms with E-state index in [-0.39, 0.29) is 16.6 Å². The van der Waals surface area contributed by atoms with E-state index in [0.717, 1.165) is 18.2 Å². The number of carbonyl (C=O) groups is 1. The second kappa shape index (κ2) is 5.21. The van der Waals surface area contributed by atoms with E-state index in [4.69, 9.17) is 5.73 Å². The Morgan fingerprint density at radius 3 is 2.50 bits per heavy atom. The van der Waals surface area contributed by atoms with Crippen molar-refractivity contribution in [2.75, 3.05) is 5.73 Å². The smallest absolute Gasteiger partial charge is 0.328 e. The minimum Gasteiger partial charge on any atom is -0.398 e. The molecule has 1 rings (SSSR count). The molecule has 0 saturated carbocycles.